The normalized spacial score (nSPS) is 13.7. The molecule has 0 radical (unpaired) electrons. The molecule has 1 heterocycles. The third kappa shape index (κ3) is 3.88. The number of hydrogen-bond donors (Lipinski definition) is 2. The zero-order valence-corrected chi connectivity index (χ0v) is 13.4. The average molecular weight is 304 g/mol. The number of nitrogens with one attached hydrogen (secondary N) is 1. The van der Waals surface area contributed by atoms with Crippen LogP contribution < -0.4 is 5.32 Å². The SMILES string of the molecule is Cc1noc(C)c1C(C)NC(=O)C(S)Cc1ccccc1. The molecule has 0 aliphatic rings. The molecule has 5 heteroatoms. The second-order valence-corrected chi connectivity index (χ2v) is 5.80. The zero-order valence-electron chi connectivity index (χ0n) is 12.5. The first-order valence-electron chi connectivity index (χ1n) is 6.94. The summed E-state index contributed by atoms with van der Waals surface area (Å²) in [6, 6.07) is 9.72. The summed E-state index contributed by atoms with van der Waals surface area (Å²) in [7, 11) is 0. The van der Waals surface area contributed by atoms with Crippen molar-refractivity contribution in [3.8, 4) is 0 Å². The van der Waals surface area contributed by atoms with Crippen molar-refractivity contribution in [2.24, 2.45) is 0 Å². The Bertz CT molecular complexity index is 590. The van der Waals surface area contributed by atoms with E-state index in [9.17, 15) is 4.79 Å². The van der Waals surface area contributed by atoms with Crippen molar-refractivity contribution in [2.45, 2.75) is 38.5 Å². The Kier molecular flexibility index (Phi) is 5.07. The van der Waals surface area contributed by atoms with Crippen LogP contribution in [-0.2, 0) is 11.2 Å². The molecule has 0 bridgehead atoms. The molecule has 2 rings (SSSR count). The summed E-state index contributed by atoms with van der Waals surface area (Å²) in [5, 5.41) is 6.50. The van der Waals surface area contributed by atoms with E-state index in [1.165, 1.54) is 0 Å². The van der Waals surface area contributed by atoms with E-state index >= 15 is 0 Å². The Morgan fingerprint density at radius 2 is 2.00 bits per heavy atom. The van der Waals surface area contributed by atoms with Crippen LogP contribution in [0.1, 0.15) is 35.5 Å². The lowest BCUT2D eigenvalue weighted by molar-refractivity contribution is -0.121. The van der Waals surface area contributed by atoms with E-state index < -0.39 is 0 Å². The summed E-state index contributed by atoms with van der Waals surface area (Å²) in [5.41, 5.74) is 2.83. The molecule has 2 unspecified atom stereocenters. The highest BCUT2D eigenvalue weighted by Gasteiger charge is 2.21. The Balaban J connectivity index is 1.98. The number of amides is 1. The van der Waals surface area contributed by atoms with Gasteiger partial charge in [0.2, 0.25) is 5.91 Å². The molecule has 0 saturated carbocycles. The van der Waals surface area contributed by atoms with E-state index in [0.29, 0.717) is 6.42 Å². The van der Waals surface area contributed by atoms with Gasteiger partial charge < -0.3 is 9.84 Å². The minimum absolute atomic E-state index is 0.0883. The Morgan fingerprint density at radius 3 is 2.57 bits per heavy atom. The predicted molar refractivity (Wildman–Crippen MR) is 85.5 cm³/mol. The maximum Gasteiger partial charge on any atom is 0.233 e. The maximum absolute atomic E-state index is 12.2. The molecule has 1 aromatic heterocycles. The van der Waals surface area contributed by atoms with Crippen molar-refractivity contribution < 1.29 is 9.32 Å². The van der Waals surface area contributed by atoms with Crippen molar-refractivity contribution >= 4 is 18.5 Å². The Morgan fingerprint density at radius 1 is 1.33 bits per heavy atom. The molecule has 1 amide bonds. The van der Waals surface area contributed by atoms with Gasteiger partial charge in [-0.05, 0) is 32.8 Å². The van der Waals surface area contributed by atoms with Gasteiger partial charge in [0, 0.05) is 5.56 Å². The predicted octanol–water partition coefficient (Wildman–Crippen LogP) is 3.01. The van der Waals surface area contributed by atoms with Crippen LogP contribution in [0.3, 0.4) is 0 Å². The lowest BCUT2D eigenvalue weighted by Gasteiger charge is -2.17. The van der Waals surface area contributed by atoms with Gasteiger partial charge in [-0.2, -0.15) is 12.6 Å². The Labute approximate surface area is 130 Å². The number of aryl methyl sites for hydroxylation is 2. The standard InChI is InChI=1S/C16H20N2O2S/c1-10(15-11(2)18-20-12(15)3)17-16(19)14(21)9-13-7-5-4-6-8-13/h4-8,10,14,21H,9H2,1-3H3,(H,17,19). The summed E-state index contributed by atoms with van der Waals surface area (Å²) in [5.74, 6) is 0.647. The molecule has 0 spiro atoms. The van der Waals surface area contributed by atoms with E-state index in [1.807, 2.05) is 51.1 Å². The number of benzene rings is 1. The van der Waals surface area contributed by atoms with Crippen molar-refractivity contribution in [3.05, 3.63) is 52.9 Å². The van der Waals surface area contributed by atoms with E-state index in [0.717, 1.165) is 22.6 Å². The van der Waals surface area contributed by atoms with Gasteiger partial charge in [0.25, 0.3) is 0 Å². The fourth-order valence-corrected chi connectivity index (χ4v) is 2.71. The third-order valence-corrected chi connectivity index (χ3v) is 3.87. The molecule has 0 aliphatic heterocycles. The van der Waals surface area contributed by atoms with E-state index in [1.54, 1.807) is 0 Å². The Hall–Kier alpha value is -1.75. The maximum atomic E-state index is 12.2. The first-order chi connectivity index (χ1) is 9.99. The molecule has 0 saturated heterocycles. The van der Waals surface area contributed by atoms with Crippen LogP contribution >= 0.6 is 12.6 Å². The quantitative estimate of drug-likeness (QED) is 0.835. The lowest BCUT2D eigenvalue weighted by Crippen LogP contribution is -2.35. The number of carbonyl (C=O) groups excluding carboxylic acids is 1. The molecule has 4 nitrogen and oxygen atoms in total. The van der Waals surface area contributed by atoms with Gasteiger partial charge >= 0.3 is 0 Å². The minimum Gasteiger partial charge on any atom is -0.361 e. The second kappa shape index (κ2) is 6.80. The number of hydrogen-bond acceptors (Lipinski definition) is 4. The molecule has 21 heavy (non-hydrogen) atoms. The van der Waals surface area contributed by atoms with Crippen LogP contribution in [0, 0.1) is 13.8 Å². The van der Waals surface area contributed by atoms with Gasteiger partial charge in [-0.3, -0.25) is 4.79 Å². The van der Waals surface area contributed by atoms with Gasteiger partial charge in [-0.15, -0.1) is 0 Å². The molecule has 0 fully saturated rings. The van der Waals surface area contributed by atoms with Crippen LogP contribution in [-0.4, -0.2) is 16.3 Å². The summed E-state index contributed by atoms with van der Waals surface area (Å²) in [4.78, 5) is 12.2. The molecule has 2 atom stereocenters. The average Bonchev–Trinajstić information content (AvgIpc) is 2.79. The number of rotatable bonds is 5. The van der Waals surface area contributed by atoms with Crippen molar-refractivity contribution in [1.82, 2.24) is 10.5 Å². The van der Waals surface area contributed by atoms with Gasteiger partial charge in [0.05, 0.1) is 17.0 Å². The molecule has 2 aromatic rings. The van der Waals surface area contributed by atoms with Crippen molar-refractivity contribution in [2.75, 3.05) is 0 Å². The van der Waals surface area contributed by atoms with Crippen LogP contribution in [0.2, 0.25) is 0 Å². The highest BCUT2D eigenvalue weighted by Crippen LogP contribution is 2.21. The number of nitrogens with zero attached hydrogens (tertiary/aromatic N) is 1. The summed E-state index contributed by atoms with van der Waals surface area (Å²) < 4.78 is 5.13. The van der Waals surface area contributed by atoms with Gasteiger partial charge in [-0.1, -0.05) is 35.5 Å². The van der Waals surface area contributed by atoms with Crippen LogP contribution in [0.4, 0.5) is 0 Å². The third-order valence-electron chi connectivity index (χ3n) is 3.45. The van der Waals surface area contributed by atoms with E-state index in [4.69, 9.17) is 4.52 Å². The molecular weight excluding hydrogens is 284 g/mol. The number of thiol groups is 1. The second-order valence-electron chi connectivity index (χ2n) is 5.17. The van der Waals surface area contributed by atoms with E-state index in [2.05, 4.69) is 23.1 Å². The molecular formula is C16H20N2O2S. The fraction of sp³-hybridized carbons (Fsp3) is 0.375. The summed E-state index contributed by atoms with van der Waals surface area (Å²) >= 11 is 4.41. The van der Waals surface area contributed by atoms with E-state index in [-0.39, 0.29) is 17.2 Å². The van der Waals surface area contributed by atoms with Crippen LogP contribution in [0.25, 0.3) is 0 Å². The molecule has 112 valence electrons. The first kappa shape index (κ1) is 15.6. The number of carbonyl (C=O) groups is 1. The summed E-state index contributed by atoms with van der Waals surface area (Å²) in [6.07, 6.45) is 0.601. The van der Waals surface area contributed by atoms with Crippen molar-refractivity contribution in [3.63, 3.8) is 0 Å². The van der Waals surface area contributed by atoms with Gasteiger partial charge in [0.15, 0.2) is 0 Å². The molecule has 1 aromatic carbocycles. The minimum atomic E-state index is -0.379. The highest BCUT2D eigenvalue weighted by molar-refractivity contribution is 7.81. The summed E-state index contributed by atoms with van der Waals surface area (Å²) in [6.45, 7) is 5.64. The topological polar surface area (TPSA) is 55.1 Å². The smallest absolute Gasteiger partial charge is 0.233 e. The number of aromatic nitrogens is 1. The fourth-order valence-electron chi connectivity index (χ4n) is 2.42. The first-order valence-corrected chi connectivity index (χ1v) is 7.45. The molecule has 1 N–H and O–H groups in total. The van der Waals surface area contributed by atoms with Crippen molar-refractivity contribution in [1.29, 1.82) is 0 Å². The molecule has 0 aliphatic carbocycles. The monoisotopic (exact) mass is 304 g/mol. The van der Waals surface area contributed by atoms with Gasteiger partial charge in [0.1, 0.15) is 5.76 Å². The van der Waals surface area contributed by atoms with Crippen LogP contribution in [0.15, 0.2) is 34.9 Å². The largest absolute Gasteiger partial charge is 0.361 e. The lowest BCUT2D eigenvalue weighted by atomic mass is 10.1. The van der Waals surface area contributed by atoms with Crippen LogP contribution in [0.5, 0.6) is 0 Å². The highest BCUT2D eigenvalue weighted by atomic mass is 32.1. The van der Waals surface area contributed by atoms with Gasteiger partial charge in [-0.25, -0.2) is 0 Å². The zero-order chi connectivity index (χ0) is 15.4.